The SMILES string of the molecule is Cc1ccccc1-c1noc(COC(=O)c2ccc3c(c2)NC(=O)[C@@H]2CCCN32)n1. The normalized spacial score (nSPS) is 17.3. The second-order valence-electron chi connectivity index (χ2n) is 7.48. The molecule has 3 heterocycles. The molecule has 0 bridgehead atoms. The van der Waals surface area contributed by atoms with Crippen molar-refractivity contribution in [2.75, 3.05) is 16.8 Å². The van der Waals surface area contributed by atoms with Crippen LogP contribution in [0.1, 0.15) is 34.7 Å². The van der Waals surface area contributed by atoms with E-state index in [9.17, 15) is 9.59 Å². The lowest BCUT2D eigenvalue weighted by atomic mass is 10.1. The molecule has 1 aromatic heterocycles. The summed E-state index contributed by atoms with van der Waals surface area (Å²) in [6, 6.07) is 12.8. The molecule has 0 radical (unpaired) electrons. The summed E-state index contributed by atoms with van der Waals surface area (Å²) in [6.45, 7) is 2.68. The number of nitrogens with one attached hydrogen (secondary N) is 1. The molecular weight excluding hydrogens is 384 g/mol. The van der Waals surface area contributed by atoms with Crippen LogP contribution in [0.5, 0.6) is 0 Å². The smallest absolute Gasteiger partial charge is 0.338 e. The van der Waals surface area contributed by atoms with Crippen LogP contribution in [-0.2, 0) is 16.1 Å². The molecule has 1 amide bonds. The maximum absolute atomic E-state index is 12.5. The summed E-state index contributed by atoms with van der Waals surface area (Å²) in [7, 11) is 0. The van der Waals surface area contributed by atoms with Crippen LogP contribution in [0.25, 0.3) is 11.4 Å². The Bertz CT molecular complexity index is 1140. The van der Waals surface area contributed by atoms with E-state index in [1.165, 1.54) is 0 Å². The van der Waals surface area contributed by atoms with Crippen molar-refractivity contribution in [2.24, 2.45) is 0 Å². The molecule has 0 aliphatic carbocycles. The van der Waals surface area contributed by atoms with Gasteiger partial charge in [-0.15, -0.1) is 0 Å². The average Bonchev–Trinajstić information content (AvgIpc) is 3.42. The molecule has 2 aliphatic heterocycles. The quantitative estimate of drug-likeness (QED) is 0.666. The fraction of sp³-hybridized carbons (Fsp3) is 0.273. The Morgan fingerprint density at radius 3 is 3.03 bits per heavy atom. The zero-order chi connectivity index (χ0) is 20.7. The van der Waals surface area contributed by atoms with Crippen molar-refractivity contribution in [1.82, 2.24) is 10.1 Å². The minimum absolute atomic E-state index is 0.0277. The van der Waals surface area contributed by atoms with E-state index in [-0.39, 0.29) is 24.4 Å². The summed E-state index contributed by atoms with van der Waals surface area (Å²) in [5, 5.41) is 6.86. The number of carbonyl (C=O) groups is 2. The summed E-state index contributed by atoms with van der Waals surface area (Å²) in [6.07, 6.45) is 1.83. The molecule has 2 aromatic carbocycles. The number of hydrogen-bond donors (Lipinski definition) is 1. The van der Waals surface area contributed by atoms with E-state index in [0.717, 1.165) is 36.2 Å². The Kier molecular flexibility index (Phi) is 4.46. The molecule has 3 aromatic rings. The Balaban J connectivity index is 1.28. The molecular formula is C22H20N4O4. The fourth-order valence-corrected chi connectivity index (χ4v) is 4.01. The first-order chi connectivity index (χ1) is 14.6. The highest BCUT2D eigenvalue weighted by Gasteiger charge is 2.36. The largest absolute Gasteiger partial charge is 0.452 e. The number of hydrogen-bond acceptors (Lipinski definition) is 7. The first-order valence-corrected chi connectivity index (χ1v) is 9.87. The molecule has 0 spiro atoms. The van der Waals surface area contributed by atoms with Crippen molar-refractivity contribution in [3.63, 3.8) is 0 Å². The first-order valence-electron chi connectivity index (χ1n) is 9.87. The van der Waals surface area contributed by atoms with Gasteiger partial charge in [0, 0.05) is 12.1 Å². The third-order valence-corrected chi connectivity index (χ3v) is 5.54. The second-order valence-corrected chi connectivity index (χ2v) is 7.48. The lowest BCUT2D eigenvalue weighted by molar-refractivity contribution is -0.117. The standard InChI is InChI=1S/C22H20N4O4/c1-13-5-2-3-6-15(13)20-24-19(30-25-20)12-29-22(28)14-8-9-17-16(11-14)23-21(27)18-7-4-10-26(17)18/h2-3,5-6,8-9,11,18H,4,7,10,12H2,1H3,(H,23,27)/t18-/m0/s1. The van der Waals surface area contributed by atoms with Gasteiger partial charge >= 0.3 is 5.97 Å². The maximum Gasteiger partial charge on any atom is 0.338 e. The predicted molar refractivity (Wildman–Crippen MR) is 109 cm³/mol. The molecule has 0 unspecified atom stereocenters. The highest BCUT2D eigenvalue weighted by molar-refractivity contribution is 6.05. The zero-order valence-corrected chi connectivity index (χ0v) is 16.4. The number of esters is 1. The highest BCUT2D eigenvalue weighted by atomic mass is 16.6. The Morgan fingerprint density at radius 2 is 2.17 bits per heavy atom. The van der Waals surface area contributed by atoms with Crippen LogP contribution in [0, 0.1) is 6.92 Å². The number of carbonyl (C=O) groups excluding carboxylic acids is 2. The number of aromatic nitrogens is 2. The number of anilines is 2. The molecule has 8 heteroatoms. The second kappa shape index (κ2) is 7.29. The maximum atomic E-state index is 12.5. The van der Waals surface area contributed by atoms with Crippen LogP contribution < -0.4 is 10.2 Å². The summed E-state index contributed by atoms with van der Waals surface area (Å²) < 4.78 is 10.5. The van der Waals surface area contributed by atoms with Gasteiger partial charge < -0.3 is 19.5 Å². The third-order valence-electron chi connectivity index (χ3n) is 5.54. The van der Waals surface area contributed by atoms with Crippen molar-refractivity contribution in [3.05, 3.63) is 59.5 Å². The highest BCUT2D eigenvalue weighted by Crippen LogP contribution is 2.37. The number of amides is 1. The van der Waals surface area contributed by atoms with Crippen molar-refractivity contribution >= 4 is 23.3 Å². The Morgan fingerprint density at radius 1 is 1.30 bits per heavy atom. The minimum atomic E-state index is -0.522. The van der Waals surface area contributed by atoms with E-state index in [1.54, 1.807) is 12.1 Å². The molecule has 2 aliphatic rings. The zero-order valence-electron chi connectivity index (χ0n) is 16.4. The van der Waals surface area contributed by atoms with Gasteiger partial charge in [-0.25, -0.2) is 4.79 Å². The molecule has 5 rings (SSSR count). The van der Waals surface area contributed by atoms with Gasteiger partial charge in [0.1, 0.15) is 6.04 Å². The Hall–Kier alpha value is -3.68. The van der Waals surface area contributed by atoms with Crippen molar-refractivity contribution in [2.45, 2.75) is 32.4 Å². The summed E-state index contributed by atoms with van der Waals surface area (Å²) >= 11 is 0. The van der Waals surface area contributed by atoms with Gasteiger partial charge in [-0.3, -0.25) is 4.79 Å². The van der Waals surface area contributed by atoms with Gasteiger partial charge in [0.05, 0.1) is 16.9 Å². The monoisotopic (exact) mass is 404 g/mol. The number of rotatable bonds is 4. The van der Waals surface area contributed by atoms with E-state index >= 15 is 0 Å². The molecule has 0 saturated carbocycles. The number of nitrogens with zero attached hydrogens (tertiary/aromatic N) is 3. The van der Waals surface area contributed by atoms with E-state index in [1.807, 2.05) is 37.3 Å². The lowest BCUT2D eigenvalue weighted by Crippen LogP contribution is -2.43. The van der Waals surface area contributed by atoms with E-state index in [2.05, 4.69) is 20.4 Å². The number of fused-ring (bicyclic) bond motifs is 3. The molecule has 8 nitrogen and oxygen atoms in total. The summed E-state index contributed by atoms with van der Waals surface area (Å²) in [4.78, 5) is 31.2. The van der Waals surface area contributed by atoms with Crippen LogP contribution in [-0.4, -0.2) is 34.6 Å². The van der Waals surface area contributed by atoms with Crippen molar-refractivity contribution in [3.8, 4) is 11.4 Å². The topological polar surface area (TPSA) is 97.6 Å². The van der Waals surface area contributed by atoms with E-state index < -0.39 is 5.97 Å². The summed E-state index contributed by atoms with van der Waals surface area (Å²) in [5.41, 5.74) is 3.81. The minimum Gasteiger partial charge on any atom is -0.452 e. The molecule has 30 heavy (non-hydrogen) atoms. The van der Waals surface area contributed by atoms with Crippen molar-refractivity contribution < 1.29 is 18.8 Å². The van der Waals surface area contributed by atoms with Gasteiger partial charge in [-0.2, -0.15) is 4.98 Å². The van der Waals surface area contributed by atoms with Crippen molar-refractivity contribution in [1.29, 1.82) is 0 Å². The number of benzene rings is 2. The Labute approximate surface area is 172 Å². The van der Waals surface area contributed by atoms with Crippen LogP contribution in [0.3, 0.4) is 0 Å². The molecule has 1 N–H and O–H groups in total. The van der Waals surface area contributed by atoms with Crippen LogP contribution in [0.4, 0.5) is 11.4 Å². The number of aryl methyl sites for hydroxylation is 1. The molecule has 1 fully saturated rings. The van der Waals surface area contributed by atoms with Crippen LogP contribution >= 0.6 is 0 Å². The predicted octanol–water partition coefficient (Wildman–Crippen LogP) is 3.32. The van der Waals surface area contributed by atoms with Gasteiger partial charge in [0.15, 0.2) is 6.61 Å². The molecule has 1 saturated heterocycles. The summed E-state index contributed by atoms with van der Waals surface area (Å²) in [5.74, 6) is 0.120. The van der Waals surface area contributed by atoms with Crippen LogP contribution in [0.2, 0.25) is 0 Å². The van der Waals surface area contributed by atoms with Gasteiger partial charge in [0.25, 0.3) is 5.89 Å². The lowest BCUT2D eigenvalue weighted by Gasteiger charge is -2.33. The molecule has 1 atom stereocenters. The third kappa shape index (κ3) is 3.20. The first kappa shape index (κ1) is 18.4. The fourth-order valence-electron chi connectivity index (χ4n) is 4.01. The van der Waals surface area contributed by atoms with Gasteiger partial charge in [-0.05, 0) is 43.5 Å². The van der Waals surface area contributed by atoms with Gasteiger partial charge in [-0.1, -0.05) is 29.4 Å². The van der Waals surface area contributed by atoms with Gasteiger partial charge in [0.2, 0.25) is 11.7 Å². The molecule has 152 valence electrons. The van der Waals surface area contributed by atoms with E-state index in [0.29, 0.717) is 17.1 Å². The number of ether oxygens (including phenoxy) is 1. The average molecular weight is 404 g/mol. The van der Waals surface area contributed by atoms with E-state index in [4.69, 9.17) is 9.26 Å². The van der Waals surface area contributed by atoms with Crippen LogP contribution in [0.15, 0.2) is 47.0 Å².